The molecule has 0 spiro atoms. The van der Waals surface area contributed by atoms with Gasteiger partial charge in [0.25, 0.3) is 0 Å². The highest BCUT2D eigenvalue weighted by Gasteiger charge is 2.20. The zero-order valence-electron chi connectivity index (χ0n) is 11.6. The summed E-state index contributed by atoms with van der Waals surface area (Å²) in [5, 5.41) is 17.7. The van der Waals surface area contributed by atoms with Crippen molar-refractivity contribution >= 4 is 17.9 Å². The molecule has 0 radical (unpaired) electrons. The smallest absolute Gasteiger partial charge is 0.326 e. The molecule has 0 fully saturated rings. The predicted molar refractivity (Wildman–Crippen MR) is 71.1 cm³/mol. The van der Waals surface area contributed by atoms with Crippen LogP contribution in [-0.2, 0) is 23.1 Å². The number of aliphatic carboxylic acids is 1. The zero-order valence-corrected chi connectivity index (χ0v) is 11.6. The molecule has 3 amide bonds. The van der Waals surface area contributed by atoms with Gasteiger partial charge in [-0.15, -0.1) is 0 Å². The third-order valence-electron chi connectivity index (χ3n) is 2.56. The third-order valence-corrected chi connectivity index (χ3v) is 2.56. The molecule has 1 atom stereocenters. The van der Waals surface area contributed by atoms with Gasteiger partial charge in [0.1, 0.15) is 12.4 Å². The van der Waals surface area contributed by atoms with E-state index in [9.17, 15) is 14.4 Å². The lowest BCUT2D eigenvalue weighted by Gasteiger charge is -2.14. The van der Waals surface area contributed by atoms with Gasteiger partial charge < -0.3 is 21.5 Å². The lowest BCUT2D eigenvalue weighted by molar-refractivity contribution is -0.139. The molecular weight excluding hydrogens is 280 g/mol. The molecule has 116 valence electrons. The maximum Gasteiger partial charge on any atom is 0.326 e. The number of urea groups is 1. The number of nitrogens with two attached hydrogens (primary N) is 1. The van der Waals surface area contributed by atoms with Gasteiger partial charge in [0.15, 0.2) is 5.82 Å². The molecule has 10 heteroatoms. The summed E-state index contributed by atoms with van der Waals surface area (Å²) < 4.78 is 1.54. The Morgan fingerprint density at radius 1 is 1.48 bits per heavy atom. The molecule has 1 unspecified atom stereocenters. The van der Waals surface area contributed by atoms with E-state index >= 15 is 0 Å². The first-order chi connectivity index (χ1) is 9.88. The minimum absolute atomic E-state index is 0.0557. The van der Waals surface area contributed by atoms with Crippen molar-refractivity contribution in [3.05, 3.63) is 12.2 Å². The summed E-state index contributed by atoms with van der Waals surface area (Å²) in [6.07, 6.45) is 1.79. The van der Waals surface area contributed by atoms with E-state index in [0.717, 1.165) is 0 Å². The Morgan fingerprint density at radius 3 is 2.71 bits per heavy atom. The first kappa shape index (κ1) is 16.4. The van der Waals surface area contributed by atoms with E-state index in [0.29, 0.717) is 12.2 Å². The van der Waals surface area contributed by atoms with Crippen molar-refractivity contribution in [3.8, 4) is 0 Å². The summed E-state index contributed by atoms with van der Waals surface area (Å²) in [5.41, 5.74) is 4.94. The fourth-order valence-corrected chi connectivity index (χ4v) is 1.54. The number of hydrogen-bond acceptors (Lipinski definition) is 5. The number of aromatic nitrogens is 3. The fourth-order valence-electron chi connectivity index (χ4n) is 1.54. The molecule has 0 saturated heterocycles. The summed E-state index contributed by atoms with van der Waals surface area (Å²) in [5.74, 6) is -1.27. The summed E-state index contributed by atoms with van der Waals surface area (Å²) in [7, 11) is 1.73. The number of amides is 3. The third kappa shape index (κ3) is 6.36. The highest BCUT2D eigenvalue weighted by atomic mass is 16.4. The first-order valence-electron chi connectivity index (χ1n) is 6.28. The lowest BCUT2D eigenvalue weighted by Crippen LogP contribution is -2.46. The maximum atomic E-state index is 11.6. The second kappa shape index (κ2) is 7.82. The maximum absolute atomic E-state index is 11.6. The molecule has 0 saturated carbocycles. The molecule has 10 nitrogen and oxygen atoms in total. The van der Waals surface area contributed by atoms with Gasteiger partial charge in [-0.25, -0.2) is 14.6 Å². The number of aryl methyl sites for hydroxylation is 1. The summed E-state index contributed by atoms with van der Waals surface area (Å²) >= 11 is 0. The van der Waals surface area contributed by atoms with Crippen LogP contribution in [-0.4, -0.2) is 50.4 Å². The second-order valence-electron chi connectivity index (χ2n) is 4.38. The van der Waals surface area contributed by atoms with Gasteiger partial charge in [0.2, 0.25) is 5.91 Å². The molecule has 0 bridgehead atoms. The molecule has 0 aliphatic heterocycles. The Labute approximate surface area is 120 Å². The largest absolute Gasteiger partial charge is 0.480 e. The molecule has 0 aromatic carbocycles. The van der Waals surface area contributed by atoms with Crippen LogP contribution in [0.5, 0.6) is 0 Å². The number of hydrogen-bond donors (Lipinski definition) is 4. The van der Waals surface area contributed by atoms with Crippen molar-refractivity contribution in [2.24, 2.45) is 12.8 Å². The van der Waals surface area contributed by atoms with Crippen LogP contribution in [0.4, 0.5) is 4.79 Å². The van der Waals surface area contributed by atoms with Crippen LogP contribution in [0.1, 0.15) is 18.7 Å². The van der Waals surface area contributed by atoms with Gasteiger partial charge >= 0.3 is 12.0 Å². The fraction of sp³-hybridized carbons (Fsp3) is 0.545. The van der Waals surface area contributed by atoms with Crippen LogP contribution in [0, 0.1) is 0 Å². The van der Waals surface area contributed by atoms with E-state index in [-0.39, 0.29) is 19.4 Å². The Morgan fingerprint density at radius 2 is 2.19 bits per heavy atom. The average molecular weight is 298 g/mol. The number of carbonyl (C=O) groups is 3. The van der Waals surface area contributed by atoms with Gasteiger partial charge in [-0.05, 0) is 6.42 Å². The monoisotopic (exact) mass is 298 g/mol. The number of nitrogens with one attached hydrogen (secondary N) is 2. The molecule has 1 aromatic heterocycles. The van der Waals surface area contributed by atoms with Crippen molar-refractivity contribution in [3.63, 3.8) is 0 Å². The number of carboxylic acids is 1. The standard InChI is InChI=1S/C11H18N6O4/c1-17-6-14-9(16-17)4-5-13-11(21)15-7(10(19)20)2-3-8(12)18/h6-7H,2-5H2,1H3,(H2,12,18)(H,19,20)(H2,13,15,21). The van der Waals surface area contributed by atoms with Gasteiger partial charge in [-0.2, -0.15) is 5.10 Å². The van der Waals surface area contributed by atoms with Crippen molar-refractivity contribution < 1.29 is 19.5 Å². The van der Waals surface area contributed by atoms with Crippen molar-refractivity contribution in [1.82, 2.24) is 25.4 Å². The average Bonchev–Trinajstić information content (AvgIpc) is 2.79. The lowest BCUT2D eigenvalue weighted by atomic mass is 10.1. The van der Waals surface area contributed by atoms with Gasteiger partial charge in [0.05, 0.1) is 0 Å². The highest BCUT2D eigenvalue weighted by molar-refractivity contribution is 5.83. The Bertz CT molecular complexity index is 515. The molecule has 5 N–H and O–H groups in total. The minimum atomic E-state index is -1.22. The van der Waals surface area contributed by atoms with Crippen LogP contribution < -0.4 is 16.4 Å². The first-order valence-corrected chi connectivity index (χ1v) is 6.28. The number of primary amides is 1. The summed E-state index contributed by atoms with van der Waals surface area (Å²) in [6.45, 7) is 0.262. The number of carbonyl (C=O) groups excluding carboxylic acids is 2. The number of nitrogens with zero attached hydrogens (tertiary/aromatic N) is 3. The van der Waals surface area contributed by atoms with Crippen LogP contribution >= 0.6 is 0 Å². The van der Waals surface area contributed by atoms with E-state index in [2.05, 4.69) is 20.7 Å². The van der Waals surface area contributed by atoms with Crippen molar-refractivity contribution in [2.45, 2.75) is 25.3 Å². The normalized spacial score (nSPS) is 11.7. The quantitative estimate of drug-likeness (QED) is 0.452. The molecular formula is C11H18N6O4. The Hall–Kier alpha value is -2.65. The van der Waals surface area contributed by atoms with E-state index in [1.54, 1.807) is 18.1 Å². The van der Waals surface area contributed by atoms with E-state index in [1.807, 2.05) is 0 Å². The number of rotatable bonds is 8. The Kier molecular flexibility index (Phi) is 6.11. The zero-order chi connectivity index (χ0) is 15.8. The minimum Gasteiger partial charge on any atom is -0.480 e. The Balaban J connectivity index is 2.32. The van der Waals surface area contributed by atoms with Gasteiger partial charge in [-0.1, -0.05) is 0 Å². The van der Waals surface area contributed by atoms with Crippen LogP contribution in [0.25, 0.3) is 0 Å². The van der Waals surface area contributed by atoms with Crippen molar-refractivity contribution in [1.29, 1.82) is 0 Å². The molecule has 0 aliphatic carbocycles. The number of carboxylic acid groups (broad SMARTS) is 1. The van der Waals surface area contributed by atoms with Crippen LogP contribution in [0.2, 0.25) is 0 Å². The second-order valence-corrected chi connectivity index (χ2v) is 4.38. The highest BCUT2D eigenvalue weighted by Crippen LogP contribution is 1.97. The summed E-state index contributed by atoms with van der Waals surface area (Å²) in [6, 6.07) is -1.80. The van der Waals surface area contributed by atoms with E-state index in [4.69, 9.17) is 10.8 Å². The van der Waals surface area contributed by atoms with E-state index < -0.39 is 23.9 Å². The van der Waals surface area contributed by atoms with E-state index in [1.165, 1.54) is 0 Å². The SMILES string of the molecule is Cn1cnc(CCNC(=O)NC(CCC(N)=O)C(=O)O)n1. The van der Waals surface area contributed by atoms with Gasteiger partial charge in [-0.3, -0.25) is 9.48 Å². The molecule has 1 aromatic rings. The molecule has 21 heavy (non-hydrogen) atoms. The predicted octanol–water partition coefficient (Wildman–Crippen LogP) is -1.62. The molecule has 0 aliphatic rings. The van der Waals surface area contributed by atoms with Gasteiger partial charge in [0, 0.05) is 26.4 Å². The van der Waals surface area contributed by atoms with Crippen molar-refractivity contribution in [2.75, 3.05) is 6.54 Å². The topological polar surface area (TPSA) is 152 Å². The summed E-state index contributed by atoms with van der Waals surface area (Å²) in [4.78, 5) is 37.1. The molecule has 1 heterocycles. The van der Waals surface area contributed by atoms with Crippen LogP contribution in [0.3, 0.4) is 0 Å². The van der Waals surface area contributed by atoms with Crippen LogP contribution in [0.15, 0.2) is 6.33 Å². The molecule has 1 rings (SSSR count).